The number of anilines is 2. The molecule has 0 radical (unpaired) electrons. The van der Waals surface area contributed by atoms with Crippen LogP contribution in [-0.2, 0) is 0 Å². The molecule has 5 nitrogen and oxygen atoms in total. The highest BCUT2D eigenvalue weighted by atomic mass is 19.3. The summed E-state index contributed by atoms with van der Waals surface area (Å²) in [6, 6.07) is 4.30. The molecule has 1 fully saturated rings. The van der Waals surface area contributed by atoms with Gasteiger partial charge in [0.15, 0.2) is 0 Å². The van der Waals surface area contributed by atoms with Gasteiger partial charge in [-0.05, 0) is 12.1 Å². The summed E-state index contributed by atoms with van der Waals surface area (Å²) in [4.78, 5) is 11.8. The molecule has 1 saturated heterocycles. The summed E-state index contributed by atoms with van der Waals surface area (Å²) >= 11 is 0. The lowest BCUT2D eigenvalue weighted by molar-refractivity contribution is -0.383. The van der Waals surface area contributed by atoms with E-state index in [1.165, 1.54) is 18.2 Å². The molecule has 1 aromatic rings. The predicted octanol–water partition coefficient (Wildman–Crippen LogP) is 2.41. The van der Waals surface area contributed by atoms with Crippen LogP contribution >= 0.6 is 0 Å². The molecule has 0 aromatic heterocycles. The van der Waals surface area contributed by atoms with Gasteiger partial charge in [-0.1, -0.05) is 0 Å². The Hall–Kier alpha value is -1.92. The number of nitrogen functional groups attached to an aromatic ring is 1. The Labute approximate surface area is 102 Å². The van der Waals surface area contributed by atoms with Crippen molar-refractivity contribution >= 4 is 17.1 Å². The molecule has 1 aromatic carbocycles. The molecule has 1 aliphatic rings. The van der Waals surface area contributed by atoms with Gasteiger partial charge in [0.2, 0.25) is 0 Å². The standard InChI is InChI=1S/C11H13F2N3O2/c12-11(13)3-5-15(6-4-11)8-1-2-10(16(17)18)9(14)7-8/h1-2,7H,3-6,14H2. The number of nitrogens with zero attached hydrogens (tertiary/aromatic N) is 2. The molecular weight excluding hydrogens is 244 g/mol. The minimum absolute atomic E-state index is 0.0508. The number of hydrogen-bond donors (Lipinski definition) is 1. The van der Waals surface area contributed by atoms with Gasteiger partial charge in [0.1, 0.15) is 5.69 Å². The Morgan fingerprint density at radius 3 is 2.44 bits per heavy atom. The maximum absolute atomic E-state index is 13.0. The smallest absolute Gasteiger partial charge is 0.292 e. The maximum Gasteiger partial charge on any atom is 0.292 e. The molecule has 0 aliphatic carbocycles. The zero-order chi connectivity index (χ0) is 13.3. The van der Waals surface area contributed by atoms with Crippen LogP contribution in [0.4, 0.5) is 25.8 Å². The fourth-order valence-electron chi connectivity index (χ4n) is 2.00. The van der Waals surface area contributed by atoms with E-state index in [0.29, 0.717) is 5.69 Å². The van der Waals surface area contributed by atoms with E-state index in [9.17, 15) is 18.9 Å². The van der Waals surface area contributed by atoms with E-state index in [1.54, 1.807) is 4.90 Å². The van der Waals surface area contributed by atoms with E-state index in [-0.39, 0.29) is 37.3 Å². The lowest BCUT2D eigenvalue weighted by Gasteiger charge is -2.33. The second-order valence-corrected chi connectivity index (χ2v) is 4.34. The summed E-state index contributed by atoms with van der Waals surface area (Å²) in [5.74, 6) is -2.61. The van der Waals surface area contributed by atoms with Gasteiger partial charge < -0.3 is 10.6 Å². The van der Waals surface area contributed by atoms with Gasteiger partial charge in [0.25, 0.3) is 11.6 Å². The van der Waals surface area contributed by atoms with Crippen molar-refractivity contribution in [2.24, 2.45) is 0 Å². The first-order valence-corrected chi connectivity index (χ1v) is 5.56. The van der Waals surface area contributed by atoms with E-state index in [2.05, 4.69) is 0 Å². The third kappa shape index (κ3) is 2.49. The number of benzene rings is 1. The maximum atomic E-state index is 13.0. The van der Waals surface area contributed by atoms with Crippen molar-refractivity contribution < 1.29 is 13.7 Å². The first-order valence-electron chi connectivity index (χ1n) is 5.56. The quantitative estimate of drug-likeness (QED) is 0.501. The lowest BCUT2D eigenvalue weighted by atomic mass is 10.1. The van der Waals surface area contributed by atoms with Crippen LogP contribution in [0.15, 0.2) is 18.2 Å². The molecular formula is C11H13F2N3O2. The molecule has 1 aliphatic heterocycles. The van der Waals surface area contributed by atoms with Crippen molar-refractivity contribution in [2.75, 3.05) is 23.7 Å². The van der Waals surface area contributed by atoms with Gasteiger partial charge in [-0.25, -0.2) is 8.78 Å². The summed E-state index contributed by atoms with van der Waals surface area (Å²) in [7, 11) is 0. The fourth-order valence-corrected chi connectivity index (χ4v) is 2.00. The Balaban J connectivity index is 2.16. The Kier molecular flexibility index (Phi) is 3.06. The number of piperidine rings is 1. The van der Waals surface area contributed by atoms with E-state index in [4.69, 9.17) is 5.73 Å². The van der Waals surface area contributed by atoms with Crippen molar-refractivity contribution in [3.8, 4) is 0 Å². The first kappa shape index (κ1) is 12.5. The largest absolute Gasteiger partial charge is 0.393 e. The van der Waals surface area contributed by atoms with E-state index in [0.717, 1.165) is 0 Å². The molecule has 1 heterocycles. The highest BCUT2D eigenvalue weighted by Gasteiger charge is 2.34. The Bertz CT molecular complexity index is 469. The number of hydrogen-bond acceptors (Lipinski definition) is 4. The molecule has 0 bridgehead atoms. The van der Waals surface area contributed by atoms with Crippen molar-refractivity contribution in [1.29, 1.82) is 0 Å². The molecule has 18 heavy (non-hydrogen) atoms. The zero-order valence-electron chi connectivity index (χ0n) is 9.60. The van der Waals surface area contributed by atoms with E-state index in [1.807, 2.05) is 0 Å². The van der Waals surface area contributed by atoms with Crippen LogP contribution < -0.4 is 10.6 Å². The topological polar surface area (TPSA) is 72.4 Å². The molecule has 7 heteroatoms. The molecule has 2 rings (SSSR count). The molecule has 0 amide bonds. The van der Waals surface area contributed by atoms with Crippen LogP contribution in [0.5, 0.6) is 0 Å². The number of halogens is 2. The van der Waals surface area contributed by atoms with Crippen molar-refractivity contribution in [1.82, 2.24) is 0 Å². The van der Waals surface area contributed by atoms with Gasteiger partial charge in [-0.2, -0.15) is 0 Å². The third-order valence-electron chi connectivity index (χ3n) is 3.07. The first-order chi connectivity index (χ1) is 8.39. The predicted molar refractivity (Wildman–Crippen MR) is 63.9 cm³/mol. The highest BCUT2D eigenvalue weighted by molar-refractivity contribution is 5.66. The minimum Gasteiger partial charge on any atom is -0.393 e. The number of nitro groups is 1. The fraction of sp³-hybridized carbons (Fsp3) is 0.455. The monoisotopic (exact) mass is 257 g/mol. The second kappa shape index (κ2) is 4.40. The van der Waals surface area contributed by atoms with Gasteiger partial charge >= 0.3 is 0 Å². The zero-order valence-corrected chi connectivity index (χ0v) is 9.60. The Morgan fingerprint density at radius 2 is 1.94 bits per heavy atom. The van der Waals surface area contributed by atoms with Crippen LogP contribution in [-0.4, -0.2) is 23.9 Å². The van der Waals surface area contributed by atoms with Gasteiger partial charge in [-0.15, -0.1) is 0 Å². The number of rotatable bonds is 2. The normalized spacial score (nSPS) is 18.7. The van der Waals surface area contributed by atoms with E-state index >= 15 is 0 Å². The van der Waals surface area contributed by atoms with Crippen LogP contribution in [0.25, 0.3) is 0 Å². The average molecular weight is 257 g/mol. The minimum atomic E-state index is -2.61. The van der Waals surface area contributed by atoms with Crippen LogP contribution in [0.2, 0.25) is 0 Å². The average Bonchev–Trinajstić information content (AvgIpc) is 2.28. The summed E-state index contributed by atoms with van der Waals surface area (Å²) < 4.78 is 26.0. The van der Waals surface area contributed by atoms with Crippen LogP contribution in [0.1, 0.15) is 12.8 Å². The lowest BCUT2D eigenvalue weighted by Crippen LogP contribution is -2.39. The Morgan fingerprint density at radius 1 is 1.33 bits per heavy atom. The molecule has 0 atom stereocenters. The van der Waals surface area contributed by atoms with E-state index < -0.39 is 10.8 Å². The summed E-state index contributed by atoms with van der Waals surface area (Å²) in [5, 5.41) is 10.6. The van der Waals surface area contributed by atoms with Crippen molar-refractivity contribution in [3.05, 3.63) is 28.3 Å². The molecule has 2 N–H and O–H groups in total. The number of nitrogens with two attached hydrogens (primary N) is 1. The SMILES string of the molecule is Nc1cc(N2CCC(F)(F)CC2)ccc1[N+](=O)[O-]. The third-order valence-corrected chi connectivity index (χ3v) is 3.07. The van der Waals surface area contributed by atoms with Crippen LogP contribution in [0, 0.1) is 10.1 Å². The molecule has 0 saturated carbocycles. The number of nitro benzene ring substituents is 1. The van der Waals surface area contributed by atoms with Gasteiger partial charge in [-0.3, -0.25) is 10.1 Å². The second-order valence-electron chi connectivity index (χ2n) is 4.34. The summed E-state index contributed by atoms with van der Waals surface area (Å²) in [6.45, 7) is 0.453. The summed E-state index contributed by atoms with van der Waals surface area (Å²) in [6.07, 6.45) is -0.409. The summed E-state index contributed by atoms with van der Waals surface area (Å²) in [5.41, 5.74) is 6.10. The highest BCUT2D eigenvalue weighted by Crippen LogP contribution is 2.32. The van der Waals surface area contributed by atoms with Crippen molar-refractivity contribution in [3.63, 3.8) is 0 Å². The van der Waals surface area contributed by atoms with Gasteiger partial charge in [0.05, 0.1) is 4.92 Å². The molecule has 0 unspecified atom stereocenters. The molecule has 98 valence electrons. The number of alkyl halides is 2. The van der Waals surface area contributed by atoms with Gasteiger partial charge in [0, 0.05) is 37.7 Å². The van der Waals surface area contributed by atoms with Crippen LogP contribution in [0.3, 0.4) is 0 Å². The van der Waals surface area contributed by atoms with Crippen molar-refractivity contribution in [2.45, 2.75) is 18.8 Å². The molecule has 0 spiro atoms.